The SMILES string of the molecule is CCOC(=O)NC(=O)C(C#N)=NNc1cc(Br)c(Oc2ncnc3c2ccn3C(C)C)c(Br)c1. The number of imide groups is 1. The van der Waals surface area contributed by atoms with Crippen LogP contribution in [0.1, 0.15) is 26.8 Å². The highest BCUT2D eigenvalue weighted by Gasteiger charge is 2.17. The van der Waals surface area contributed by atoms with Crippen molar-refractivity contribution >= 4 is 66.3 Å². The standard InChI is InChI=1S/C21H19Br2N7O4/c1-4-33-21(32)27-19(31)16(9-24)29-28-12-7-14(22)17(15(23)8-12)34-20-13-5-6-30(11(2)3)18(13)25-10-26-20/h5-8,10-11,28H,4H2,1-3H3,(H,27,31,32). The largest absolute Gasteiger partial charge is 0.450 e. The average Bonchev–Trinajstić information content (AvgIpc) is 3.22. The number of benzene rings is 1. The highest BCUT2D eigenvalue weighted by Crippen LogP contribution is 2.40. The predicted octanol–water partition coefficient (Wildman–Crippen LogP) is 4.89. The minimum absolute atomic E-state index is 0.0803. The van der Waals surface area contributed by atoms with Gasteiger partial charge in [-0.05, 0) is 70.8 Å². The summed E-state index contributed by atoms with van der Waals surface area (Å²) in [5.41, 5.74) is 3.24. The van der Waals surface area contributed by atoms with Gasteiger partial charge in [0.25, 0.3) is 5.91 Å². The van der Waals surface area contributed by atoms with Gasteiger partial charge in [0, 0.05) is 12.2 Å². The second-order valence-corrected chi connectivity index (χ2v) is 8.67. The van der Waals surface area contributed by atoms with Gasteiger partial charge in [0.05, 0.1) is 26.6 Å². The first-order valence-electron chi connectivity index (χ1n) is 9.95. The van der Waals surface area contributed by atoms with Crippen LogP contribution in [0.5, 0.6) is 11.6 Å². The van der Waals surface area contributed by atoms with E-state index < -0.39 is 17.7 Å². The Kier molecular flexibility index (Phi) is 8.19. The van der Waals surface area contributed by atoms with Crippen molar-refractivity contribution in [1.82, 2.24) is 19.9 Å². The van der Waals surface area contributed by atoms with E-state index in [1.165, 1.54) is 6.33 Å². The number of alkyl carbamates (subject to hydrolysis) is 1. The summed E-state index contributed by atoms with van der Waals surface area (Å²) >= 11 is 6.91. The molecule has 0 saturated heterocycles. The van der Waals surface area contributed by atoms with Crippen molar-refractivity contribution in [2.75, 3.05) is 12.0 Å². The number of halogens is 2. The first kappa shape index (κ1) is 25.1. The number of ether oxygens (including phenoxy) is 2. The third-order valence-electron chi connectivity index (χ3n) is 4.33. The highest BCUT2D eigenvalue weighted by atomic mass is 79.9. The van der Waals surface area contributed by atoms with Gasteiger partial charge < -0.3 is 14.0 Å². The molecule has 1 aromatic carbocycles. The zero-order valence-corrected chi connectivity index (χ0v) is 21.5. The maximum absolute atomic E-state index is 12.0. The summed E-state index contributed by atoms with van der Waals surface area (Å²) in [6.45, 7) is 5.78. The van der Waals surface area contributed by atoms with E-state index in [9.17, 15) is 14.9 Å². The zero-order valence-electron chi connectivity index (χ0n) is 18.3. The number of rotatable bonds is 7. The van der Waals surface area contributed by atoms with Crippen LogP contribution in [0.2, 0.25) is 0 Å². The number of nitrogens with zero attached hydrogens (tertiary/aromatic N) is 5. The number of carbonyl (C=O) groups excluding carboxylic acids is 2. The number of fused-ring (bicyclic) bond motifs is 1. The summed E-state index contributed by atoms with van der Waals surface area (Å²) in [7, 11) is 0. The molecule has 34 heavy (non-hydrogen) atoms. The fourth-order valence-electron chi connectivity index (χ4n) is 2.83. The number of nitrogens with one attached hydrogen (secondary N) is 2. The Bertz CT molecular complexity index is 1290. The van der Waals surface area contributed by atoms with E-state index in [4.69, 9.17) is 4.74 Å². The van der Waals surface area contributed by atoms with E-state index >= 15 is 0 Å². The van der Waals surface area contributed by atoms with E-state index in [0.717, 1.165) is 11.0 Å². The third-order valence-corrected chi connectivity index (χ3v) is 5.51. The molecule has 0 atom stereocenters. The molecular weight excluding hydrogens is 574 g/mol. The van der Waals surface area contributed by atoms with E-state index in [0.29, 0.717) is 26.3 Å². The second-order valence-electron chi connectivity index (χ2n) is 6.96. The Morgan fingerprint density at radius 2 is 1.97 bits per heavy atom. The van der Waals surface area contributed by atoms with Crippen molar-refractivity contribution in [3.05, 3.63) is 39.7 Å². The quantitative estimate of drug-likeness (QED) is 0.291. The molecule has 3 aromatic rings. The topological polar surface area (TPSA) is 144 Å². The van der Waals surface area contributed by atoms with Gasteiger partial charge in [-0.15, -0.1) is 0 Å². The lowest BCUT2D eigenvalue weighted by molar-refractivity contribution is -0.114. The van der Waals surface area contributed by atoms with Crippen LogP contribution in [0.25, 0.3) is 11.0 Å². The van der Waals surface area contributed by atoms with Crippen LogP contribution in [0, 0.1) is 11.3 Å². The van der Waals surface area contributed by atoms with Gasteiger partial charge in [-0.2, -0.15) is 10.4 Å². The van der Waals surface area contributed by atoms with Crippen LogP contribution >= 0.6 is 31.9 Å². The Balaban J connectivity index is 1.81. The maximum Gasteiger partial charge on any atom is 0.414 e. The number of hydrogen-bond acceptors (Lipinski definition) is 9. The molecule has 13 heteroatoms. The number of carbonyl (C=O) groups is 2. The maximum atomic E-state index is 12.0. The Morgan fingerprint density at radius 3 is 2.59 bits per heavy atom. The van der Waals surface area contributed by atoms with Crippen LogP contribution in [0.3, 0.4) is 0 Å². The molecule has 0 bridgehead atoms. The van der Waals surface area contributed by atoms with Gasteiger partial charge in [0.15, 0.2) is 5.75 Å². The molecule has 11 nitrogen and oxygen atoms in total. The third kappa shape index (κ3) is 5.70. The molecule has 0 aliphatic carbocycles. The summed E-state index contributed by atoms with van der Waals surface area (Å²) in [6.07, 6.45) is 2.40. The molecule has 0 aliphatic heterocycles. The summed E-state index contributed by atoms with van der Waals surface area (Å²) in [6, 6.07) is 7.01. The summed E-state index contributed by atoms with van der Waals surface area (Å²) < 4.78 is 13.8. The molecular formula is C21H19Br2N7O4. The average molecular weight is 593 g/mol. The van der Waals surface area contributed by atoms with Crippen LogP contribution < -0.4 is 15.5 Å². The number of aromatic nitrogens is 3. The van der Waals surface area contributed by atoms with E-state index in [2.05, 4.69) is 70.9 Å². The molecule has 3 rings (SSSR count). The number of hydrogen-bond donors (Lipinski definition) is 2. The molecule has 0 aliphatic rings. The van der Waals surface area contributed by atoms with Gasteiger partial charge in [0.1, 0.15) is 18.0 Å². The summed E-state index contributed by atoms with van der Waals surface area (Å²) in [4.78, 5) is 31.9. The highest BCUT2D eigenvalue weighted by molar-refractivity contribution is 9.11. The van der Waals surface area contributed by atoms with Gasteiger partial charge >= 0.3 is 6.09 Å². The lowest BCUT2D eigenvalue weighted by atomic mass is 10.3. The minimum Gasteiger partial charge on any atom is -0.450 e. The van der Waals surface area contributed by atoms with Crippen LogP contribution in [-0.4, -0.2) is 38.9 Å². The molecule has 2 aromatic heterocycles. The molecule has 0 unspecified atom stereocenters. The molecule has 176 valence electrons. The minimum atomic E-state index is -0.993. The molecule has 2 amide bonds. The number of hydrazone groups is 1. The molecule has 2 heterocycles. The normalized spacial score (nSPS) is 11.3. The van der Waals surface area contributed by atoms with Crippen molar-refractivity contribution in [1.29, 1.82) is 5.26 Å². The fourth-order valence-corrected chi connectivity index (χ4v) is 4.18. The monoisotopic (exact) mass is 591 g/mol. The first-order chi connectivity index (χ1) is 16.2. The molecule has 0 radical (unpaired) electrons. The van der Waals surface area contributed by atoms with Crippen LogP contribution in [0.15, 0.2) is 44.8 Å². The van der Waals surface area contributed by atoms with Crippen LogP contribution in [0.4, 0.5) is 10.5 Å². The summed E-state index contributed by atoms with van der Waals surface area (Å²) in [5, 5.41) is 15.6. The zero-order chi connectivity index (χ0) is 24.8. The van der Waals surface area contributed by atoms with Gasteiger partial charge in [0.2, 0.25) is 11.6 Å². The summed E-state index contributed by atoms with van der Waals surface area (Å²) in [5.74, 6) is -0.160. The number of nitriles is 1. The second kappa shape index (κ2) is 11.1. The number of amides is 2. The van der Waals surface area contributed by atoms with Crippen molar-refractivity contribution in [3.63, 3.8) is 0 Å². The molecule has 0 saturated carbocycles. The fraction of sp³-hybridized carbons (Fsp3) is 0.238. The van der Waals surface area contributed by atoms with E-state index in [-0.39, 0.29) is 12.6 Å². The van der Waals surface area contributed by atoms with Gasteiger partial charge in [-0.3, -0.25) is 15.5 Å². The Hall–Kier alpha value is -3.50. The van der Waals surface area contributed by atoms with Gasteiger partial charge in [-0.25, -0.2) is 14.8 Å². The van der Waals surface area contributed by atoms with Crippen LogP contribution in [-0.2, 0) is 9.53 Å². The molecule has 2 N–H and O–H groups in total. The van der Waals surface area contributed by atoms with Crippen molar-refractivity contribution in [2.24, 2.45) is 5.10 Å². The predicted molar refractivity (Wildman–Crippen MR) is 132 cm³/mol. The van der Waals surface area contributed by atoms with Crippen molar-refractivity contribution < 1.29 is 19.1 Å². The molecule has 0 fully saturated rings. The molecule has 0 spiro atoms. The Morgan fingerprint density at radius 1 is 1.26 bits per heavy atom. The lowest BCUT2D eigenvalue weighted by Gasteiger charge is -2.12. The number of anilines is 1. The van der Waals surface area contributed by atoms with Gasteiger partial charge in [-0.1, -0.05) is 0 Å². The first-order valence-corrected chi connectivity index (χ1v) is 11.5. The van der Waals surface area contributed by atoms with E-state index in [1.807, 2.05) is 22.1 Å². The lowest BCUT2D eigenvalue weighted by Crippen LogP contribution is -2.36. The van der Waals surface area contributed by atoms with E-state index in [1.54, 1.807) is 25.1 Å². The van der Waals surface area contributed by atoms with Crippen molar-refractivity contribution in [3.8, 4) is 17.7 Å². The smallest absolute Gasteiger partial charge is 0.414 e. The van der Waals surface area contributed by atoms with Crippen molar-refractivity contribution in [2.45, 2.75) is 26.8 Å². The Labute approximate surface area is 211 Å².